The molecular weight excluding hydrogens is 316 g/mol. The Hall–Kier alpha value is -1.75. The van der Waals surface area contributed by atoms with Crippen molar-refractivity contribution in [1.29, 1.82) is 0 Å². The predicted molar refractivity (Wildman–Crippen MR) is 97.1 cm³/mol. The first kappa shape index (κ1) is 18.1. The molecule has 1 aromatic rings. The minimum atomic E-state index is 0.179. The molecule has 2 aliphatic rings. The van der Waals surface area contributed by atoms with Gasteiger partial charge in [0.25, 0.3) is 0 Å². The van der Waals surface area contributed by atoms with Crippen molar-refractivity contribution in [2.75, 3.05) is 40.4 Å². The molecular formula is C20H31N2O3+. The highest BCUT2D eigenvalue weighted by Gasteiger charge is 2.32. The van der Waals surface area contributed by atoms with E-state index in [0.29, 0.717) is 5.91 Å². The van der Waals surface area contributed by atoms with Crippen LogP contribution in [0.2, 0.25) is 0 Å². The first-order valence-electron chi connectivity index (χ1n) is 9.54. The number of nitrogens with zero attached hydrogens (tertiary/aromatic N) is 1. The second-order valence-corrected chi connectivity index (χ2v) is 7.28. The molecule has 0 saturated carbocycles. The molecule has 2 fully saturated rings. The van der Waals surface area contributed by atoms with Crippen LogP contribution in [0.15, 0.2) is 18.2 Å². The van der Waals surface area contributed by atoms with Crippen LogP contribution in [-0.4, -0.2) is 51.2 Å². The van der Waals surface area contributed by atoms with Gasteiger partial charge in [0.05, 0.1) is 38.8 Å². The fourth-order valence-corrected chi connectivity index (χ4v) is 4.18. The number of ether oxygens (including phenoxy) is 2. The molecule has 0 aromatic heterocycles. The topological polar surface area (TPSA) is 43.2 Å². The number of likely N-dealkylation sites (tertiary alicyclic amines) is 2. The van der Waals surface area contributed by atoms with E-state index in [0.717, 1.165) is 75.5 Å². The molecule has 0 spiro atoms. The van der Waals surface area contributed by atoms with E-state index < -0.39 is 0 Å². The third-order valence-electron chi connectivity index (χ3n) is 5.56. The molecule has 3 rings (SSSR count). The van der Waals surface area contributed by atoms with E-state index in [9.17, 15) is 4.79 Å². The van der Waals surface area contributed by atoms with Crippen molar-refractivity contribution < 1.29 is 19.2 Å². The van der Waals surface area contributed by atoms with Crippen LogP contribution in [0.3, 0.4) is 0 Å². The van der Waals surface area contributed by atoms with Gasteiger partial charge in [0.2, 0.25) is 5.91 Å². The van der Waals surface area contributed by atoms with E-state index in [1.165, 1.54) is 11.3 Å². The van der Waals surface area contributed by atoms with Gasteiger partial charge in [-0.25, -0.2) is 0 Å². The fourth-order valence-electron chi connectivity index (χ4n) is 4.18. The molecule has 5 nitrogen and oxygen atoms in total. The average Bonchev–Trinajstić information content (AvgIpc) is 2.68. The monoisotopic (exact) mass is 347 g/mol. The minimum Gasteiger partial charge on any atom is -0.497 e. The lowest BCUT2D eigenvalue weighted by Crippen LogP contribution is -3.12. The van der Waals surface area contributed by atoms with E-state index in [2.05, 4.69) is 11.0 Å². The van der Waals surface area contributed by atoms with Gasteiger partial charge in [-0.15, -0.1) is 0 Å². The number of benzene rings is 1. The van der Waals surface area contributed by atoms with Crippen molar-refractivity contribution in [1.82, 2.24) is 4.90 Å². The van der Waals surface area contributed by atoms with Crippen LogP contribution in [0, 0.1) is 5.92 Å². The van der Waals surface area contributed by atoms with Crippen molar-refractivity contribution in [3.05, 3.63) is 23.8 Å². The molecule has 2 atom stereocenters. The smallest absolute Gasteiger partial charge is 0.231 e. The molecule has 0 bridgehead atoms. The molecule has 0 aliphatic carbocycles. The van der Waals surface area contributed by atoms with E-state index >= 15 is 0 Å². The van der Waals surface area contributed by atoms with Crippen LogP contribution in [0.4, 0.5) is 0 Å². The van der Waals surface area contributed by atoms with Crippen molar-refractivity contribution in [2.24, 2.45) is 5.92 Å². The van der Waals surface area contributed by atoms with Crippen molar-refractivity contribution in [3.8, 4) is 11.5 Å². The zero-order chi connectivity index (χ0) is 17.6. The quantitative estimate of drug-likeness (QED) is 0.878. The Morgan fingerprint density at radius 3 is 2.68 bits per heavy atom. The summed E-state index contributed by atoms with van der Waals surface area (Å²) in [6.07, 6.45) is 5.74. The SMILES string of the molecule is COc1ccc(OC)c(C[NH+]2CCC[C@@H](C(=O)N3CCCCC3)C2)c1. The highest BCUT2D eigenvalue weighted by Crippen LogP contribution is 2.23. The van der Waals surface area contributed by atoms with Gasteiger partial charge in [-0.1, -0.05) is 0 Å². The maximum atomic E-state index is 12.8. The van der Waals surface area contributed by atoms with Crippen LogP contribution in [0.5, 0.6) is 11.5 Å². The summed E-state index contributed by atoms with van der Waals surface area (Å²) in [6.45, 7) is 4.83. The highest BCUT2D eigenvalue weighted by molar-refractivity contribution is 5.79. The van der Waals surface area contributed by atoms with Gasteiger partial charge >= 0.3 is 0 Å². The van der Waals surface area contributed by atoms with Gasteiger partial charge in [0, 0.05) is 13.1 Å². The number of carbonyl (C=O) groups excluding carboxylic acids is 1. The molecule has 2 heterocycles. The van der Waals surface area contributed by atoms with E-state index in [1.807, 2.05) is 12.1 Å². The Morgan fingerprint density at radius 1 is 1.16 bits per heavy atom. The van der Waals surface area contributed by atoms with E-state index in [4.69, 9.17) is 9.47 Å². The maximum Gasteiger partial charge on any atom is 0.231 e. The number of hydrogen-bond acceptors (Lipinski definition) is 3. The summed E-state index contributed by atoms with van der Waals surface area (Å²) < 4.78 is 10.9. The van der Waals surface area contributed by atoms with E-state index in [-0.39, 0.29) is 5.92 Å². The number of rotatable bonds is 5. The van der Waals surface area contributed by atoms with E-state index in [1.54, 1.807) is 14.2 Å². The van der Waals surface area contributed by atoms with Crippen LogP contribution in [0.25, 0.3) is 0 Å². The zero-order valence-electron chi connectivity index (χ0n) is 15.6. The second-order valence-electron chi connectivity index (χ2n) is 7.28. The van der Waals surface area contributed by atoms with Crippen LogP contribution < -0.4 is 14.4 Å². The normalized spacial score (nSPS) is 24.0. The molecule has 2 aliphatic heterocycles. The lowest BCUT2D eigenvalue weighted by molar-refractivity contribution is -0.921. The molecule has 1 N–H and O–H groups in total. The lowest BCUT2D eigenvalue weighted by atomic mass is 9.95. The Bertz CT molecular complexity index is 584. The Labute approximate surface area is 150 Å². The van der Waals surface area contributed by atoms with Gasteiger partial charge in [0.1, 0.15) is 18.0 Å². The fraction of sp³-hybridized carbons (Fsp3) is 0.650. The molecule has 25 heavy (non-hydrogen) atoms. The maximum absolute atomic E-state index is 12.8. The number of hydrogen-bond donors (Lipinski definition) is 1. The molecule has 1 unspecified atom stereocenters. The van der Waals surface area contributed by atoms with Crippen LogP contribution in [-0.2, 0) is 11.3 Å². The lowest BCUT2D eigenvalue weighted by Gasteiger charge is -2.34. The first-order valence-corrected chi connectivity index (χ1v) is 9.54. The zero-order valence-corrected chi connectivity index (χ0v) is 15.6. The summed E-state index contributed by atoms with van der Waals surface area (Å²) in [5.74, 6) is 2.32. The number of amides is 1. The number of quaternary nitrogens is 1. The van der Waals surface area contributed by atoms with Gasteiger partial charge in [-0.2, -0.15) is 0 Å². The van der Waals surface area contributed by atoms with Gasteiger partial charge in [-0.05, 0) is 50.3 Å². The minimum absolute atomic E-state index is 0.179. The number of methoxy groups -OCH3 is 2. The Morgan fingerprint density at radius 2 is 1.96 bits per heavy atom. The largest absolute Gasteiger partial charge is 0.497 e. The van der Waals surface area contributed by atoms with Gasteiger partial charge in [-0.3, -0.25) is 4.79 Å². The summed E-state index contributed by atoms with van der Waals surface area (Å²) in [4.78, 5) is 16.4. The molecule has 1 aromatic carbocycles. The highest BCUT2D eigenvalue weighted by atomic mass is 16.5. The predicted octanol–water partition coefficient (Wildman–Crippen LogP) is 1.51. The number of piperidine rings is 2. The molecule has 1 amide bonds. The van der Waals surface area contributed by atoms with Crippen molar-refractivity contribution in [2.45, 2.75) is 38.6 Å². The Kier molecular flexibility index (Phi) is 6.19. The van der Waals surface area contributed by atoms with Crippen LogP contribution in [0.1, 0.15) is 37.7 Å². The van der Waals surface area contributed by atoms with Crippen molar-refractivity contribution in [3.63, 3.8) is 0 Å². The van der Waals surface area contributed by atoms with Crippen molar-refractivity contribution >= 4 is 5.91 Å². The third kappa shape index (κ3) is 4.46. The Balaban J connectivity index is 1.64. The number of carbonyl (C=O) groups is 1. The summed E-state index contributed by atoms with van der Waals surface area (Å²) in [5.41, 5.74) is 1.16. The molecule has 5 heteroatoms. The molecule has 138 valence electrons. The number of nitrogens with one attached hydrogen (secondary N) is 1. The standard InChI is InChI=1S/C20H30N2O3/c1-24-18-8-9-19(25-2)17(13-18)15-21-10-6-7-16(14-21)20(23)22-11-4-3-5-12-22/h8-9,13,16H,3-7,10-12,14-15H2,1-2H3/p+1/t16-/m1/s1. The second kappa shape index (κ2) is 8.56. The van der Waals surface area contributed by atoms with Gasteiger partial charge < -0.3 is 19.3 Å². The average molecular weight is 347 g/mol. The summed E-state index contributed by atoms with van der Waals surface area (Å²) in [7, 11) is 3.40. The van der Waals surface area contributed by atoms with Crippen LogP contribution >= 0.6 is 0 Å². The summed E-state index contributed by atoms with van der Waals surface area (Å²) >= 11 is 0. The molecule has 0 radical (unpaired) electrons. The van der Waals surface area contributed by atoms with Gasteiger partial charge in [0.15, 0.2) is 0 Å². The third-order valence-corrected chi connectivity index (χ3v) is 5.56. The molecule has 2 saturated heterocycles. The first-order chi connectivity index (χ1) is 12.2. The summed E-state index contributed by atoms with van der Waals surface area (Å²) in [6, 6.07) is 5.95. The summed E-state index contributed by atoms with van der Waals surface area (Å²) in [5, 5.41) is 0.